The lowest BCUT2D eigenvalue weighted by molar-refractivity contribution is 0.102. The third kappa shape index (κ3) is 2.69. The predicted molar refractivity (Wildman–Crippen MR) is 97.5 cm³/mol. The highest BCUT2D eigenvalue weighted by atomic mass is 19.1. The van der Waals surface area contributed by atoms with Crippen LogP contribution in [0.15, 0.2) is 36.8 Å². The molecule has 0 aliphatic rings. The predicted octanol–water partition coefficient (Wildman–Crippen LogP) is 2.08. The fraction of sp³-hybridized carbons (Fsp3) is 0.111. The molecule has 4 aromatic rings. The molecule has 0 aliphatic heterocycles. The largest absolute Gasteiger partial charge is 0.320 e. The van der Waals surface area contributed by atoms with Crippen LogP contribution in [0.2, 0.25) is 0 Å². The number of hydrogen-bond acceptors (Lipinski definition) is 4. The van der Waals surface area contributed by atoms with E-state index >= 15 is 0 Å². The van der Waals surface area contributed by atoms with E-state index in [9.17, 15) is 9.18 Å². The van der Waals surface area contributed by atoms with Gasteiger partial charge in [-0.3, -0.25) is 9.78 Å². The summed E-state index contributed by atoms with van der Waals surface area (Å²) in [5, 5.41) is 2.70. The summed E-state index contributed by atoms with van der Waals surface area (Å²) in [4.78, 5) is 25.5. The highest BCUT2D eigenvalue weighted by molar-refractivity contribution is 6.38. The number of nitrogens with one attached hydrogen (secondary N) is 1. The van der Waals surface area contributed by atoms with Crippen molar-refractivity contribution in [3.63, 3.8) is 0 Å². The van der Waals surface area contributed by atoms with Gasteiger partial charge < -0.3 is 9.72 Å². The molecule has 0 saturated heterocycles. The maximum absolute atomic E-state index is 14.2. The molecule has 8 heteroatoms. The summed E-state index contributed by atoms with van der Waals surface area (Å²) in [7, 11) is 5.92. The number of aromatic nitrogens is 4. The Bertz CT molecular complexity index is 1190. The van der Waals surface area contributed by atoms with E-state index in [-0.39, 0.29) is 5.65 Å². The van der Waals surface area contributed by atoms with Gasteiger partial charge >= 0.3 is 0 Å². The van der Waals surface area contributed by atoms with Gasteiger partial charge in [0.15, 0.2) is 11.5 Å². The van der Waals surface area contributed by atoms with Crippen molar-refractivity contribution >= 4 is 41.6 Å². The Labute approximate surface area is 149 Å². The van der Waals surface area contributed by atoms with Gasteiger partial charge in [0.25, 0.3) is 5.91 Å². The minimum absolute atomic E-state index is 0.208. The van der Waals surface area contributed by atoms with Crippen LogP contribution in [0.4, 0.5) is 10.1 Å². The first kappa shape index (κ1) is 16.2. The van der Waals surface area contributed by atoms with Crippen LogP contribution >= 0.6 is 0 Å². The minimum atomic E-state index is -0.520. The summed E-state index contributed by atoms with van der Waals surface area (Å²) in [5.41, 5.74) is 3.47. The van der Waals surface area contributed by atoms with Crippen LogP contribution in [0.25, 0.3) is 16.7 Å². The van der Waals surface area contributed by atoms with E-state index in [2.05, 4.69) is 20.3 Å². The number of hydrogen-bond donors (Lipinski definition) is 1. The number of pyridine rings is 1. The van der Waals surface area contributed by atoms with Crippen molar-refractivity contribution < 1.29 is 9.18 Å². The molecule has 6 nitrogen and oxygen atoms in total. The summed E-state index contributed by atoms with van der Waals surface area (Å²) in [6.45, 7) is 3.55. The molecule has 0 unspecified atom stereocenters. The molecule has 4 rings (SSSR count). The monoisotopic (exact) mass is 345 g/mol. The first-order valence-corrected chi connectivity index (χ1v) is 7.90. The van der Waals surface area contributed by atoms with Crippen LogP contribution < -0.4 is 10.8 Å². The fourth-order valence-electron chi connectivity index (χ4n) is 2.84. The van der Waals surface area contributed by atoms with Gasteiger partial charge in [0.05, 0.1) is 28.2 Å². The van der Waals surface area contributed by atoms with E-state index in [0.717, 1.165) is 0 Å². The Morgan fingerprint density at radius 1 is 1.15 bits per heavy atom. The Kier molecular flexibility index (Phi) is 3.68. The third-order valence-corrected chi connectivity index (χ3v) is 3.98. The first-order chi connectivity index (χ1) is 12.4. The van der Waals surface area contributed by atoms with Gasteiger partial charge in [-0.05, 0) is 19.9 Å². The molecule has 0 saturated carbocycles. The maximum Gasteiger partial charge on any atom is 0.257 e. The van der Waals surface area contributed by atoms with Crippen LogP contribution in [0.5, 0.6) is 0 Å². The molecule has 3 aromatic heterocycles. The van der Waals surface area contributed by atoms with Gasteiger partial charge in [-0.2, -0.15) is 0 Å². The Morgan fingerprint density at radius 3 is 2.77 bits per heavy atom. The average molecular weight is 345 g/mol. The zero-order valence-corrected chi connectivity index (χ0v) is 14.1. The van der Waals surface area contributed by atoms with Gasteiger partial charge in [0, 0.05) is 24.7 Å². The van der Waals surface area contributed by atoms with Crippen molar-refractivity contribution in [3.05, 3.63) is 59.6 Å². The number of fused-ring (bicyclic) bond motifs is 2. The highest BCUT2D eigenvalue weighted by Gasteiger charge is 2.15. The number of rotatable bonds is 2. The third-order valence-electron chi connectivity index (χ3n) is 3.98. The quantitative estimate of drug-likeness (QED) is 0.565. The highest BCUT2D eigenvalue weighted by Crippen LogP contribution is 2.19. The molecule has 3 heterocycles. The standard InChI is InChI=1S/C18H13BFN5O/c1-9-6-21-16-13(19)4-3-12(15(16)22-9)18(26)24-11-5-14(20)17-23-10(2)7-25(17)8-11/h3-8H,1-2H3,(H,24,26). The molecular formula is C18H13BFN5O. The molecule has 0 atom stereocenters. The second kappa shape index (κ2) is 5.91. The van der Waals surface area contributed by atoms with Crippen molar-refractivity contribution in [1.82, 2.24) is 19.4 Å². The lowest BCUT2D eigenvalue weighted by Gasteiger charge is -2.10. The minimum Gasteiger partial charge on any atom is -0.320 e. The van der Waals surface area contributed by atoms with Crippen LogP contribution in [-0.2, 0) is 0 Å². The van der Waals surface area contributed by atoms with Crippen LogP contribution in [0, 0.1) is 19.7 Å². The Morgan fingerprint density at radius 2 is 1.96 bits per heavy atom. The van der Waals surface area contributed by atoms with Gasteiger partial charge in [-0.25, -0.2) is 14.4 Å². The number of halogens is 1. The van der Waals surface area contributed by atoms with Gasteiger partial charge in [-0.1, -0.05) is 11.5 Å². The molecule has 1 aromatic carbocycles. The van der Waals surface area contributed by atoms with Crippen molar-refractivity contribution in [3.8, 4) is 0 Å². The topological polar surface area (TPSA) is 72.2 Å². The Balaban J connectivity index is 1.76. The summed E-state index contributed by atoms with van der Waals surface area (Å²) in [6.07, 6.45) is 4.87. The van der Waals surface area contributed by atoms with E-state index in [1.807, 2.05) is 0 Å². The van der Waals surface area contributed by atoms with Gasteiger partial charge in [-0.15, -0.1) is 0 Å². The normalized spacial score (nSPS) is 11.2. The van der Waals surface area contributed by atoms with E-state index < -0.39 is 11.7 Å². The number of imidazole rings is 1. The van der Waals surface area contributed by atoms with Gasteiger partial charge in [0.1, 0.15) is 13.4 Å². The van der Waals surface area contributed by atoms with E-state index in [4.69, 9.17) is 7.85 Å². The molecule has 0 fully saturated rings. The van der Waals surface area contributed by atoms with Crippen molar-refractivity contribution in [2.75, 3.05) is 5.32 Å². The second-order valence-electron chi connectivity index (χ2n) is 6.05. The summed E-state index contributed by atoms with van der Waals surface area (Å²) in [5.74, 6) is -0.945. The molecule has 2 radical (unpaired) electrons. The lowest BCUT2D eigenvalue weighted by atomic mass is 9.92. The zero-order chi connectivity index (χ0) is 18.4. The van der Waals surface area contributed by atoms with Gasteiger partial charge in [0.2, 0.25) is 0 Å². The average Bonchev–Trinajstić information content (AvgIpc) is 2.95. The van der Waals surface area contributed by atoms with Crippen LogP contribution in [-0.4, -0.2) is 33.1 Å². The first-order valence-electron chi connectivity index (χ1n) is 7.90. The summed E-state index contributed by atoms with van der Waals surface area (Å²) >= 11 is 0. The number of benzene rings is 1. The molecule has 126 valence electrons. The number of aryl methyl sites for hydroxylation is 2. The molecule has 1 N–H and O–H groups in total. The number of carbonyl (C=O) groups is 1. The van der Waals surface area contributed by atoms with E-state index in [1.165, 1.54) is 10.5 Å². The molecule has 0 spiro atoms. The fourth-order valence-corrected chi connectivity index (χ4v) is 2.84. The smallest absolute Gasteiger partial charge is 0.257 e. The van der Waals surface area contributed by atoms with E-state index in [1.54, 1.807) is 44.6 Å². The number of carbonyl (C=O) groups excluding carboxylic acids is 1. The molecule has 1 amide bonds. The van der Waals surface area contributed by atoms with Crippen LogP contribution in [0.3, 0.4) is 0 Å². The Hall–Kier alpha value is -3.29. The molecular weight excluding hydrogens is 332 g/mol. The second-order valence-corrected chi connectivity index (χ2v) is 6.05. The van der Waals surface area contributed by atoms with E-state index in [0.29, 0.717) is 39.1 Å². The van der Waals surface area contributed by atoms with Crippen LogP contribution in [0.1, 0.15) is 21.7 Å². The molecule has 26 heavy (non-hydrogen) atoms. The summed E-state index contributed by atoms with van der Waals surface area (Å²) in [6, 6.07) is 4.41. The van der Waals surface area contributed by atoms with Crippen molar-refractivity contribution in [1.29, 1.82) is 0 Å². The zero-order valence-electron chi connectivity index (χ0n) is 14.1. The SMILES string of the molecule is [B]c1ccc(C(=O)Nc2cc(F)c3nc(C)cn3c2)c2nc(C)cnc12. The molecule has 0 bridgehead atoms. The summed E-state index contributed by atoms with van der Waals surface area (Å²) < 4.78 is 15.7. The van der Waals surface area contributed by atoms with Crippen molar-refractivity contribution in [2.24, 2.45) is 0 Å². The van der Waals surface area contributed by atoms with Crippen molar-refractivity contribution in [2.45, 2.75) is 13.8 Å². The maximum atomic E-state index is 14.2. The number of anilines is 1. The molecule has 0 aliphatic carbocycles. The number of amides is 1. The lowest BCUT2D eigenvalue weighted by Crippen LogP contribution is -2.17. The number of nitrogens with zero attached hydrogens (tertiary/aromatic N) is 4.